The van der Waals surface area contributed by atoms with Crippen molar-refractivity contribution < 1.29 is 17.9 Å². The van der Waals surface area contributed by atoms with Crippen molar-refractivity contribution in [2.24, 2.45) is 5.14 Å². The molecular formula is C6H15NO4S. The summed E-state index contributed by atoms with van der Waals surface area (Å²) in [4.78, 5) is 0. The summed E-state index contributed by atoms with van der Waals surface area (Å²) >= 11 is 0. The first-order chi connectivity index (χ1) is 5.52. The van der Waals surface area contributed by atoms with E-state index in [4.69, 9.17) is 14.6 Å². The molecule has 1 atom stereocenters. The van der Waals surface area contributed by atoms with E-state index in [0.717, 1.165) is 0 Å². The minimum absolute atomic E-state index is 0.113. The molecule has 0 amide bonds. The van der Waals surface area contributed by atoms with Gasteiger partial charge in [-0.25, -0.2) is 13.6 Å². The molecule has 0 saturated heterocycles. The van der Waals surface area contributed by atoms with E-state index in [2.05, 4.69) is 0 Å². The van der Waals surface area contributed by atoms with Crippen LogP contribution in [0.4, 0.5) is 0 Å². The second kappa shape index (κ2) is 5.47. The van der Waals surface area contributed by atoms with E-state index in [9.17, 15) is 8.42 Å². The summed E-state index contributed by atoms with van der Waals surface area (Å²) in [7, 11) is -0.562. The Balaban J connectivity index is 4.05. The predicted molar refractivity (Wildman–Crippen MR) is 45.3 cm³/mol. The van der Waals surface area contributed by atoms with Gasteiger partial charge < -0.3 is 9.47 Å². The molecule has 0 spiro atoms. The van der Waals surface area contributed by atoms with Gasteiger partial charge in [-0.2, -0.15) is 0 Å². The Bertz CT molecular complexity index is 202. The van der Waals surface area contributed by atoms with Crippen LogP contribution in [0.3, 0.4) is 0 Å². The monoisotopic (exact) mass is 197 g/mol. The average Bonchev–Trinajstić information content (AvgIpc) is 1.95. The third kappa shape index (κ3) is 4.66. The molecule has 0 saturated carbocycles. The van der Waals surface area contributed by atoms with Gasteiger partial charge in [0, 0.05) is 20.8 Å². The van der Waals surface area contributed by atoms with Gasteiger partial charge >= 0.3 is 0 Å². The number of methoxy groups -OCH3 is 2. The Kier molecular flexibility index (Phi) is 5.39. The lowest BCUT2D eigenvalue weighted by Crippen LogP contribution is -2.33. The summed E-state index contributed by atoms with van der Waals surface area (Å²) in [5.41, 5.74) is 0. The fourth-order valence-electron chi connectivity index (χ4n) is 0.778. The lowest BCUT2D eigenvalue weighted by atomic mass is 10.3. The van der Waals surface area contributed by atoms with Crippen molar-refractivity contribution >= 4 is 10.0 Å². The molecule has 6 heteroatoms. The zero-order valence-corrected chi connectivity index (χ0v) is 8.13. The summed E-state index contributed by atoms with van der Waals surface area (Å²) < 4.78 is 31.2. The largest absolute Gasteiger partial charge is 0.385 e. The zero-order chi connectivity index (χ0) is 9.61. The van der Waals surface area contributed by atoms with Crippen LogP contribution in [-0.4, -0.2) is 41.1 Å². The normalized spacial score (nSPS) is 14.6. The Morgan fingerprint density at radius 2 is 1.92 bits per heavy atom. The number of nitrogens with two attached hydrogens (primary N) is 1. The maximum atomic E-state index is 10.9. The third-order valence-electron chi connectivity index (χ3n) is 1.46. The standard InChI is InChI=1S/C6H15NO4S/c1-10-4-3-6(5-11-2)12(7,8)9/h6H,3-5H2,1-2H3,(H2,7,8,9). The molecule has 0 radical (unpaired) electrons. The summed E-state index contributed by atoms with van der Waals surface area (Å²) in [5, 5.41) is 4.28. The topological polar surface area (TPSA) is 78.6 Å². The lowest BCUT2D eigenvalue weighted by molar-refractivity contribution is 0.161. The molecule has 0 fully saturated rings. The maximum Gasteiger partial charge on any atom is 0.214 e. The van der Waals surface area contributed by atoms with Gasteiger partial charge in [-0.1, -0.05) is 0 Å². The third-order valence-corrected chi connectivity index (χ3v) is 2.76. The molecule has 74 valence electrons. The highest BCUT2D eigenvalue weighted by Crippen LogP contribution is 2.02. The Morgan fingerprint density at radius 1 is 1.33 bits per heavy atom. The molecule has 2 N–H and O–H groups in total. The molecular weight excluding hydrogens is 182 g/mol. The van der Waals surface area contributed by atoms with E-state index in [1.165, 1.54) is 14.2 Å². The van der Waals surface area contributed by atoms with Gasteiger partial charge in [0.05, 0.1) is 6.61 Å². The molecule has 0 heterocycles. The molecule has 0 bridgehead atoms. The van der Waals surface area contributed by atoms with Crippen LogP contribution in [0.5, 0.6) is 0 Å². The highest BCUT2D eigenvalue weighted by atomic mass is 32.2. The van der Waals surface area contributed by atoms with Crippen LogP contribution in [0.15, 0.2) is 0 Å². The van der Waals surface area contributed by atoms with Crippen molar-refractivity contribution in [1.82, 2.24) is 0 Å². The predicted octanol–water partition coefficient (Wildman–Crippen LogP) is -0.674. The van der Waals surface area contributed by atoms with Crippen LogP contribution in [0.1, 0.15) is 6.42 Å². The molecule has 0 aliphatic carbocycles. The van der Waals surface area contributed by atoms with Gasteiger partial charge in [0.2, 0.25) is 10.0 Å². The van der Waals surface area contributed by atoms with Gasteiger partial charge in [0.15, 0.2) is 0 Å². The molecule has 1 unspecified atom stereocenters. The molecule has 0 aliphatic rings. The van der Waals surface area contributed by atoms with Crippen LogP contribution >= 0.6 is 0 Å². The Hall–Kier alpha value is -0.170. The summed E-state index contributed by atoms with van der Waals surface area (Å²) in [6, 6.07) is 0. The van der Waals surface area contributed by atoms with E-state index in [1.807, 2.05) is 0 Å². The molecule has 0 aromatic rings. The van der Waals surface area contributed by atoms with Crippen LogP contribution in [0.2, 0.25) is 0 Å². The van der Waals surface area contributed by atoms with Gasteiger partial charge in [0.1, 0.15) is 5.25 Å². The number of hydrogen-bond acceptors (Lipinski definition) is 4. The number of rotatable bonds is 6. The molecule has 5 nitrogen and oxygen atoms in total. The number of primary sulfonamides is 1. The van der Waals surface area contributed by atoms with E-state index < -0.39 is 15.3 Å². The van der Waals surface area contributed by atoms with Crippen molar-refractivity contribution in [1.29, 1.82) is 0 Å². The van der Waals surface area contributed by atoms with Crippen molar-refractivity contribution in [2.45, 2.75) is 11.7 Å². The lowest BCUT2D eigenvalue weighted by Gasteiger charge is -2.12. The molecule has 0 aromatic carbocycles. The second-order valence-electron chi connectivity index (χ2n) is 2.45. The van der Waals surface area contributed by atoms with Crippen LogP contribution in [-0.2, 0) is 19.5 Å². The van der Waals surface area contributed by atoms with Crippen molar-refractivity contribution in [3.8, 4) is 0 Å². The second-order valence-corrected chi connectivity index (χ2v) is 4.29. The first-order valence-corrected chi connectivity index (χ1v) is 5.12. The fraction of sp³-hybridized carbons (Fsp3) is 1.00. The first kappa shape index (κ1) is 11.8. The van der Waals surface area contributed by atoms with Gasteiger partial charge in [-0.05, 0) is 6.42 Å². The maximum absolute atomic E-state index is 10.9. The average molecular weight is 197 g/mol. The van der Waals surface area contributed by atoms with Crippen molar-refractivity contribution in [3.05, 3.63) is 0 Å². The van der Waals surface area contributed by atoms with E-state index in [1.54, 1.807) is 0 Å². The highest BCUT2D eigenvalue weighted by molar-refractivity contribution is 7.89. The Morgan fingerprint density at radius 3 is 2.25 bits per heavy atom. The first-order valence-electron chi connectivity index (χ1n) is 3.52. The van der Waals surface area contributed by atoms with Gasteiger partial charge in [-0.3, -0.25) is 0 Å². The molecule has 0 aromatic heterocycles. The molecule has 0 rings (SSSR count). The summed E-state index contributed by atoms with van der Waals surface area (Å²) in [6.45, 7) is 0.479. The van der Waals surface area contributed by atoms with Gasteiger partial charge in [-0.15, -0.1) is 0 Å². The van der Waals surface area contributed by atoms with Gasteiger partial charge in [0.25, 0.3) is 0 Å². The van der Waals surface area contributed by atoms with Crippen LogP contribution in [0.25, 0.3) is 0 Å². The minimum Gasteiger partial charge on any atom is -0.385 e. The number of sulfonamides is 1. The number of ether oxygens (including phenoxy) is 2. The molecule has 0 aliphatic heterocycles. The Labute approximate surface area is 72.9 Å². The summed E-state index contributed by atoms with van der Waals surface area (Å²) in [6.07, 6.45) is 0.364. The number of hydrogen-bond donors (Lipinski definition) is 1. The van der Waals surface area contributed by atoms with Crippen molar-refractivity contribution in [3.63, 3.8) is 0 Å². The fourth-order valence-corrected chi connectivity index (χ4v) is 1.53. The van der Waals surface area contributed by atoms with E-state index >= 15 is 0 Å². The summed E-state index contributed by atoms with van der Waals surface area (Å²) in [5.74, 6) is 0. The zero-order valence-electron chi connectivity index (χ0n) is 7.32. The van der Waals surface area contributed by atoms with Crippen LogP contribution in [0, 0.1) is 0 Å². The van der Waals surface area contributed by atoms with E-state index in [0.29, 0.717) is 13.0 Å². The minimum atomic E-state index is -3.50. The quantitative estimate of drug-likeness (QED) is 0.612. The van der Waals surface area contributed by atoms with E-state index in [-0.39, 0.29) is 6.61 Å². The highest BCUT2D eigenvalue weighted by Gasteiger charge is 2.20. The molecule has 12 heavy (non-hydrogen) atoms. The SMILES string of the molecule is COCCC(COC)S(N)(=O)=O. The van der Waals surface area contributed by atoms with Crippen LogP contribution < -0.4 is 5.14 Å². The van der Waals surface area contributed by atoms with Crippen molar-refractivity contribution in [2.75, 3.05) is 27.4 Å². The smallest absolute Gasteiger partial charge is 0.214 e.